The lowest BCUT2D eigenvalue weighted by atomic mass is 9.92. The molecule has 2 aliphatic rings. The van der Waals surface area contributed by atoms with Gasteiger partial charge in [0, 0.05) is 57.4 Å². The fraction of sp³-hybridized carbons (Fsp3) is 0.594. The van der Waals surface area contributed by atoms with Gasteiger partial charge >= 0.3 is 6.18 Å². The van der Waals surface area contributed by atoms with E-state index in [9.17, 15) is 18.0 Å². The van der Waals surface area contributed by atoms with Crippen LogP contribution in [0.3, 0.4) is 0 Å². The number of carbonyl (C=O) groups is 1. The Balaban J connectivity index is 1.27. The molecule has 2 heterocycles. The summed E-state index contributed by atoms with van der Waals surface area (Å²) in [7, 11) is 0. The Kier molecular flexibility index (Phi) is 9.83. The summed E-state index contributed by atoms with van der Waals surface area (Å²) in [4.78, 5) is 19.5. The number of ether oxygens (including phenoxy) is 1. The summed E-state index contributed by atoms with van der Waals surface area (Å²) in [6, 6.07) is 8.91. The van der Waals surface area contributed by atoms with E-state index in [1.165, 1.54) is 48.3 Å². The molecule has 0 saturated carbocycles. The zero-order valence-electron chi connectivity index (χ0n) is 24.6. The van der Waals surface area contributed by atoms with Gasteiger partial charge in [-0.25, -0.2) is 0 Å². The highest BCUT2D eigenvalue weighted by atomic mass is 19.4. The average molecular weight is 560 g/mol. The predicted octanol–water partition coefficient (Wildman–Crippen LogP) is 6.59. The molecule has 0 aromatic heterocycles. The van der Waals surface area contributed by atoms with Gasteiger partial charge in [-0.05, 0) is 92.5 Å². The SMILES string of the molecule is Cc1c(OCCCN2CC(C)CC(C)C2)ccc(C(C)N2CCN(C(=O)c3ccc(C(F)(F)F)cc3)CC2)c1C. The van der Waals surface area contributed by atoms with Crippen LogP contribution in [-0.4, -0.2) is 73.0 Å². The Morgan fingerprint density at radius 3 is 2.17 bits per heavy atom. The van der Waals surface area contributed by atoms with Crippen molar-refractivity contribution in [2.24, 2.45) is 11.8 Å². The van der Waals surface area contributed by atoms with Crippen molar-refractivity contribution in [3.05, 3.63) is 64.2 Å². The maximum absolute atomic E-state index is 12.9. The molecule has 2 aliphatic heterocycles. The molecular formula is C32H44F3N3O2. The number of piperidine rings is 1. The lowest BCUT2D eigenvalue weighted by Crippen LogP contribution is -2.49. The van der Waals surface area contributed by atoms with Gasteiger partial charge in [-0.2, -0.15) is 13.2 Å². The molecule has 0 radical (unpaired) electrons. The highest BCUT2D eigenvalue weighted by Crippen LogP contribution is 2.32. The second-order valence-electron chi connectivity index (χ2n) is 11.9. The third kappa shape index (κ3) is 7.38. The molecule has 3 atom stereocenters. The minimum Gasteiger partial charge on any atom is -0.493 e. The van der Waals surface area contributed by atoms with Crippen LogP contribution in [0.15, 0.2) is 36.4 Å². The molecule has 8 heteroatoms. The van der Waals surface area contributed by atoms with Crippen molar-refractivity contribution in [3.63, 3.8) is 0 Å². The maximum Gasteiger partial charge on any atom is 0.416 e. The smallest absolute Gasteiger partial charge is 0.416 e. The minimum absolute atomic E-state index is 0.180. The average Bonchev–Trinajstić information content (AvgIpc) is 2.92. The summed E-state index contributed by atoms with van der Waals surface area (Å²) < 4.78 is 44.8. The summed E-state index contributed by atoms with van der Waals surface area (Å²) in [5.74, 6) is 2.26. The summed E-state index contributed by atoms with van der Waals surface area (Å²) in [6.45, 7) is 17.8. The van der Waals surface area contributed by atoms with Crippen LogP contribution in [0.4, 0.5) is 13.2 Å². The standard InChI is InChI=1S/C32H44F3N3O2/c1-22-19-23(2)21-36(20-22)13-6-18-40-30-12-11-29(24(3)25(30)4)26(5)37-14-16-38(17-15-37)31(39)27-7-9-28(10-8-27)32(33,34)35/h7-12,22-23,26H,6,13-21H2,1-5H3. The highest BCUT2D eigenvalue weighted by molar-refractivity contribution is 5.94. The first-order valence-electron chi connectivity index (χ1n) is 14.6. The zero-order chi connectivity index (χ0) is 29.0. The van der Waals surface area contributed by atoms with Gasteiger partial charge in [0.25, 0.3) is 5.91 Å². The Bertz CT molecular complexity index is 1130. The van der Waals surface area contributed by atoms with Crippen molar-refractivity contribution in [2.75, 3.05) is 52.4 Å². The van der Waals surface area contributed by atoms with Gasteiger partial charge in [0.05, 0.1) is 12.2 Å². The number of benzene rings is 2. The molecule has 0 aliphatic carbocycles. The molecule has 3 unspecified atom stereocenters. The molecule has 2 fully saturated rings. The molecule has 220 valence electrons. The normalized spacial score (nSPS) is 21.9. The number of carbonyl (C=O) groups excluding carboxylic acids is 1. The van der Waals surface area contributed by atoms with Gasteiger partial charge in [-0.3, -0.25) is 9.69 Å². The Hall–Kier alpha value is -2.58. The minimum atomic E-state index is -4.41. The monoisotopic (exact) mass is 559 g/mol. The number of piperazine rings is 1. The Morgan fingerprint density at radius 1 is 0.950 bits per heavy atom. The highest BCUT2D eigenvalue weighted by Gasteiger charge is 2.31. The van der Waals surface area contributed by atoms with Crippen LogP contribution < -0.4 is 4.74 Å². The van der Waals surface area contributed by atoms with Gasteiger partial charge in [0.15, 0.2) is 0 Å². The fourth-order valence-electron chi connectivity index (χ4n) is 6.36. The molecule has 2 saturated heterocycles. The second kappa shape index (κ2) is 12.9. The molecule has 0 N–H and O–H groups in total. The third-order valence-corrected chi connectivity index (χ3v) is 8.66. The predicted molar refractivity (Wildman–Crippen MR) is 153 cm³/mol. The summed E-state index contributed by atoms with van der Waals surface area (Å²) >= 11 is 0. The van der Waals surface area contributed by atoms with Crippen LogP contribution in [0.1, 0.15) is 72.3 Å². The van der Waals surface area contributed by atoms with E-state index in [1.54, 1.807) is 4.90 Å². The van der Waals surface area contributed by atoms with E-state index in [0.29, 0.717) is 32.8 Å². The summed E-state index contributed by atoms with van der Waals surface area (Å²) in [5.41, 5.74) is 3.19. The second-order valence-corrected chi connectivity index (χ2v) is 11.9. The van der Waals surface area contributed by atoms with Gasteiger partial charge < -0.3 is 14.5 Å². The van der Waals surface area contributed by atoms with Crippen molar-refractivity contribution in [3.8, 4) is 5.75 Å². The largest absolute Gasteiger partial charge is 0.493 e. The van der Waals surface area contributed by atoms with Crippen LogP contribution in [-0.2, 0) is 6.18 Å². The van der Waals surface area contributed by atoms with Crippen molar-refractivity contribution in [1.82, 2.24) is 14.7 Å². The van der Waals surface area contributed by atoms with E-state index in [-0.39, 0.29) is 17.5 Å². The number of alkyl halides is 3. The molecule has 0 bridgehead atoms. The van der Waals surface area contributed by atoms with E-state index < -0.39 is 11.7 Å². The number of hydrogen-bond donors (Lipinski definition) is 0. The molecule has 2 aromatic carbocycles. The number of halogens is 3. The van der Waals surface area contributed by atoms with Crippen LogP contribution in [0.25, 0.3) is 0 Å². The summed E-state index contributed by atoms with van der Waals surface area (Å²) in [5, 5.41) is 0. The van der Waals surface area contributed by atoms with E-state index in [0.717, 1.165) is 42.7 Å². The first-order valence-corrected chi connectivity index (χ1v) is 14.6. The van der Waals surface area contributed by atoms with Crippen LogP contribution in [0, 0.1) is 25.7 Å². The molecule has 0 spiro atoms. The zero-order valence-corrected chi connectivity index (χ0v) is 24.6. The van der Waals surface area contributed by atoms with Crippen molar-refractivity contribution in [1.29, 1.82) is 0 Å². The van der Waals surface area contributed by atoms with E-state index >= 15 is 0 Å². The first kappa shape index (κ1) is 30.4. The van der Waals surface area contributed by atoms with Gasteiger partial charge in [0.1, 0.15) is 5.75 Å². The van der Waals surface area contributed by atoms with Gasteiger partial charge in [-0.15, -0.1) is 0 Å². The molecule has 1 amide bonds. The molecule has 40 heavy (non-hydrogen) atoms. The lowest BCUT2D eigenvalue weighted by Gasteiger charge is -2.39. The maximum atomic E-state index is 12.9. The van der Waals surface area contributed by atoms with E-state index in [2.05, 4.69) is 56.6 Å². The van der Waals surface area contributed by atoms with Gasteiger partial charge in [-0.1, -0.05) is 19.9 Å². The lowest BCUT2D eigenvalue weighted by molar-refractivity contribution is -0.137. The topological polar surface area (TPSA) is 36.0 Å². The van der Waals surface area contributed by atoms with Crippen LogP contribution in [0.2, 0.25) is 0 Å². The first-order chi connectivity index (χ1) is 18.9. The van der Waals surface area contributed by atoms with Crippen molar-refractivity contribution >= 4 is 5.91 Å². The van der Waals surface area contributed by atoms with Crippen molar-refractivity contribution in [2.45, 2.75) is 59.7 Å². The fourth-order valence-corrected chi connectivity index (χ4v) is 6.36. The number of amides is 1. The van der Waals surface area contributed by atoms with Crippen molar-refractivity contribution < 1.29 is 22.7 Å². The quantitative estimate of drug-likeness (QED) is 0.342. The van der Waals surface area contributed by atoms with Gasteiger partial charge in [0.2, 0.25) is 0 Å². The number of rotatable bonds is 8. The molecule has 5 nitrogen and oxygen atoms in total. The van der Waals surface area contributed by atoms with E-state index in [1.807, 2.05) is 0 Å². The molecule has 2 aromatic rings. The van der Waals surface area contributed by atoms with Crippen LogP contribution in [0.5, 0.6) is 5.75 Å². The number of likely N-dealkylation sites (tertiary alicyclic amines) is 1. The third-order valence-electron chi connectivity index (χ3n) is 8.66. The molecule has 4 rings (SSSR count). The Morgan fingerprint density at radius 2 is 1.57 bits per heavy atom. The van der Waals surface area contributed by atoms with Crippen LogP contribution >= 0.6 is 0 Å². The molecular weight excluding hydrogens is 515 g/mol. The summed E-state index contributed by atoms with van der Waals surface area (Å²) in [6.07, 6.45) is -2.06. The number of hydrogen-bond acceptors (Lipinski definition) is 4. The Labute approximate surface area is 237 Å². The number of nitrogens with zero attached hydrogens (tertiary/aromatic N) is 3. The van der Waals surface area contributed by atoms with E-state index in [4.69, 9.17) is 4.74 Å².